The van der Waals surface area contributed by atoms with E-state index in [4.69, 9.17) is 30.0 Å². The van der Waals surface area contributed by atoms with Gasteiger partial charge in [-0.15, -0.1) is 0 Å². The topological polar surface area (TPSA) is 99.1 Å². The van der Waals surface area contributed by atoms with Gasteiger partial charge >= 0.3 is 0 Å². The maximum atomic E-state index is 8.64. The highest BCUT2D eigenvalue weighted by molar-refractivity contribution is 4.73. The van der Waals surface area contributed by atoms with E-state index in [2.05, 4.69) is 6.92 Å². The summed E-state index contributed by atoms with van der Waals surface area (Å²) in [4.78, 5) is 0. The standard InChI is InChI=1S/C16H25N3O3/c1-2-3-4-5-9-16(20-13-6-10-17,21-14-7-11-18)22-15-8-12-19/h2-9,13-15H2,1H3. The van der Waals surface area contributed by atoms with Crippen molar-refractivity contribution in [3.8, 4) is 18.2 Å². The van der Waals surface area contributed by atoms with Gasteiger partial charge in [0.05, 0.1) is 57.3 Å². The van der Waals surface area contributed by atoms with Crippen molar-refractivity contribution in [2.45, 2.75) is 64.3 Å². The minimum atomic E-state index is -1.25. The van der Waals surface area contributed by atoms with Crippen LogP contribution in [0.25, 0.3) is 0 Å². The van der Waals surface area contributed by atoms with Gasteiger partial charge in [0.15, 0.2) is 0 Å². The van der Waals surface area contributed by atoms with Crippen LogP contribution in [0.3, 0.4) is 0 Å². The molecule has 0 saturated carbocycles. The molecule has 0 bridgehead atoms. The zero-order valence-electron chi connectivity index (χ0n) is 13.3. The van der Waals surface area contributed by atoms with Crippen LogP contribution in [0.15, 0.2) is 0 Å². The molecule has 22 heavy (non-hydrogen) atoms. The third-order valence-corrected chi connectivity index (χ3v) is 2.94. The second-order valence-corrected chi connectivity index (χ2v) is 4.76. The molecule has 0 aliphatic rings. The lowest BCUT2D eigenvalue weighted by molar-refractivity contribution is -0.382. The summed E-state index contributed by atoms with van der Waals surface area (Å²) in [5.41, 5.74) is 0. The summed E-state index contributed by atoms with van der Waals surface area (Å²) in [6, 6.07) is 6.03. The maximum absolute atomic E-state index is 8.64. The lowest BCUT2D eigenvalue weighted by Gasteiger charge is -2.33. The molecule has 0 rings (SSSR count). The van der Waals surface area contributed by atoms with Gasteiger partial charge in [-0.25, -0.2) is 0 Å². The van der Waals surface area contributed by atoms with Gasteiger partial charge in [0.2, 0.25) is 0 Å². The highest BCUT2D eigenvalue weighted by Gasteiger charge is 2.33. The van der Waals surface area contributed by atoms with Gasteiger partial charge in [-0.1, -0.05) is 26.2 Å². The summed E-state index contributed by atoms with van der Waals surface area (Å²) in [5.74, 6) is -1.25. The predicted octanol–water partition coefficient (Wildman–Crippen LogP) is 3.40. The second-order valence-electron chi connectivity index (χ2n) is 4.76. The fourth-order valence-corrected chi connectivity index (χ4v) is 1.87. The van der Waals surface area contributed by atoms with Crippen molar-refractivity contribution in [2.75, 3.05) is 19.8 Å². The zero-order valence-corrected chi connectivity index (χ0v) is 13.3. The fraction of sp³-hybridized carbons (Fsp3) is 0.812. The van der Waals surface area contributed by atoms with Crippen LogP contribution in [0.2, 0.25) is 0 Å². The molecule has 0 spiro atoms. The fourth-order valence-electron chi connectivity index (χ4n) is 1.87. The average molecular weight is 307 g/mol. The molecule has 0 radical (unpaired) electrons. The normalized spacial score (nSPS) is 10.6. The molecule has 0 aliphatic heterocycles. The molecule has 0 aromatic heterocycles. The number of nitriles is 3. The van der Waals surface area contributed by atoms with Gasteiger partial charge in [0.1, 0.15) is 0 Å². The van der Waals surface area contributed by atoms with E-state index in [0.717, 1.165) is 25.7 Å². The smallest absolute Gasteiger partial charge is 0.282 e. The number of unbranched alkanes of at least 4 members (excludes halogenated alkanes) is 3. The van der Waals surface area contributed by atoms with Gasteiger partial charge in [0, 0.05) is 6.42 Å². The molecule has 0 aromatic carbocycles. The summed E-state index contributed by atoms with van der Waals surface area (Å²) < 4.78 is 17.0. The molecule has 0 aliphatic carbocycles. The Morgan fingerprint density at radius 1 is 0.727 bits per heavy atom. The van der Waals surface area contributed by atoms with E-state index in [9.17, 15) is 0 Å². The van der Waals surface area contributed by atoms with Crippen LogP contribution >= 0.6 is 0 Å². The molecule has 0 aromatic rings. The number of hydrogen-bond donors (Lipinski definition) is 0. The van der Waals surface area contributed by atoms with Crippen LogP contribution in [0.1, 0.15) is 58.3 Å². The number of ether oxygens (including phenoxy) is 3. The van der Waals surface area contributed by atoms with Crippen molar-refractivity contribution in [1.82, 2.24) is 0 Å². The number of rotatable bonds is 14. The number of nitrogens with zero attached hydrogens (tertiary/aromatic N) is 3. The zero-order chi connectivity index (χ0) is 16.5. The molecule has 0 N–H and O–H groups in total. The van der Waals surface area contributed by atoms with Crippen molar-refractivity contribution in [2.24, 2.45) is 0 Å². The molecule has 0 amide bonds. The Morgan fingerprint density at radius 2 is 1.18 bits per heavy atom. The Morgan fingerprint density at radius 3 is 1.55 bits per heavy atom. The molecule has 0 unspecified atom stereocenters. The third-order valence-electron chi connectivity index (χ3n) is 2.94. The number of hydrogen-bond acceptors (Lipinski definition) is 6. The molecule has 0 fully saturated rings. The summed E-state index contributed by atoms with van der Waals surface area (Å²) >= 11 is 0. The first-order valence-corrected chi connectivity index (χ1v) is 7.77. The van der Waals surface area contributed by atoms with E-state index in [-0.39, 0.29) is 39.1 Å². The van der Waals surface area contributed by atoms with Crippen LogP contribution in [0.5, 0.6) is 0 Å². The molecular formula is C16H25N3O3. The Labute approximate surface area is 133 Å². The van der Waals surface area contributed by atoms with E-state index in [1.807, 2.05) is 18.2 Å². The Balaban J connectivity index is 4.66. The monoisotopic (exact) mass is 307 g/mol. The summed E-state index contributed by atoms with van der Waals surface area (Å²) in [6.07, 6.45) is 5.36. The van der Waals surface area contributed by atoms with Gasteiger partial charge in [-0.05, 0) is 6.42 Å². The van der Waals surface area contributed by atoms with Crippen molar-refractivity contribution in [1.29, 1.82) is 15.8 Å². The molecule has 0 atom stereocenters. The van der Waals surface area contributed by atoms with Crippen LogP contribution in [0.4, 0.5) is 0 Å². The van der Waals surface area contributed by atoms with Crippen LogP contribution in [0, 0.1) is 34.0 Å². The molecular weight excluding hydrogens is 282 g/mol. The first kappa shape index (κ1) is 20.3. The van der Waals surface area contributed by atoms with Gasteiger partial charge in [-0.2, -0.15) is 15.8 Å². The molecule has 0 saturated heterocycles. The van der Waals surface area contributed by atoms with E-state index >= 15 is 0 Å². The van der Waals surface area contributed by atoms with E-state index in [0.29, 0.717) is 6.42 Å². The van der Waals surface area contributed by atoms with E-state index < -0.39 is 5.97 Å². The third kappa shape index (κ3) is 10.1. The first-order valence-electron chi connectivity index (χ1n) is 7.77. The quantitative estimate of drug-likeness (QED) is 0.360. The molecule has 0 heterocycles. The van der Waals surface area contributed by atoms with Crippen molar-refractivity contribution in [3.05, 3.63) is 0 Å². The predicted molar refractivity (Wildman–Crippen MR) is 80.0 cm³/mol. The van der Waals surface area contributed by atoms with Gasteiger partial charge in [-0.3, -0.25) is 0 Å². The highest BCUT2D eigenvalue weighted by atomic mass is 16.9. The average Bonchev–Trinajstić information content (AvgIpc) is 2.52. The highest BCUT2D eigenvalue weighted by Crippen LogP contribution is 2.25. The van der Waals surface area contributed by atoms with Crippen molar-refractivity contribution >= 4 is 0 Å². The Kier molecular flexibility index (Phi) is 13.2. The summed E-state index contributed by atoms with van der Waals surface area (Å²) in [5, 5.41) is 25.9. The SMILES string of the molecule is CCCCCCC(OCCC#N)(OCCC#N)OCCC#N. The van der Waals surface area contributed by atoms with E-state index in [1.54, 1.807) is 0 Å². The summed E-state index contributed by atoms with van der Waals surface area (Å²) in [6.45, 7) is 2.72. The minimum absolute atomic E-state index is 0.198. The Hall–Kier alpha value is -1.65. The summed E-state index contributed by atoms with van der Waals surface area (Å²) in [7, 11) is 0. The first-order chi connectivity index (χ1) is 10.7. The lowest BCUT2D eigenvalue weighted by Crippen LogP contribution is -2.40. The van der Waals surface area contributed by atoms with Crippen LogP contribution in [-0.2, 0) is 14.2 Å². The lowest BCUT2D eigenvalue weighted by atomic mass is 10.1. The molecule has 6 nitrogen and oxygen atoms in total. The molecule has 6 heteroatoms. The van der Waals surface area contributed by atoms with Crippen molar-refractivity contribution in [3.63, 3.8) is 0 Å². The maximum Gasteiger partial charge on any atom is 0.282 e. The van der Waals surface area contributed by atoms with Gasteiger partial charge < -0.3 is 14.2 Å². The van der Waals surface area contributed by atoms with Gasteiger partial charge in [0.25, 0.3) is 5.97 Å². The van der Waals surface area contributed by atoms with Crippen LogP contribution in [-0.4, -0.2) is 25.8 Å². The largest absolute Gasteiger partial charge is 0.326 e. The minimum Gasteiger partial charge on any atom is -0.326 e. The van der Waals surface area contributed by atoms with Crippen molar-refractivity contribution < 1.29 is 14.2 Å². The Bertz CT molecular complexity index is 343. The van der Waals surface area contributed by atoms with Crippen LogP contribution < -0.4 is 0 Å². The van der Waals surface area contributed by atoms with E-state index in [1.165, 1.54) is 0 Å². The second kappa shape index (κ2) is 14.3. The molecule has 122 valence electrons.